The van der Waals surface area contributed by atoms with Crippen molar-refractivity contribution >= 4 is 17.2 Å². The van der Waals surface area contributed by atoms with Gasteiger partial charge in [0.1, 0.15) is 16.6 Å². The standard InChI is InChI=1S/C15H18FNOS/c16-14-7-12(3-4-13(14)15(17)19)18-8-11-6-9-1-2-10(11)5-9/h3-4,7,9-11H,1-2,5-6,8H2,(H2,17,19). The largest absolute Gasteiger partial charge is 0.493 e. The highest BCUT2D eigenvalue weighted by Crippen LogP contribution is 2.48. The fraction of sp³-hybridized carbons (Fsp3) is 0.533. The van der Waals surface area contributed by atoms with Crippen molar-refractivity contribution in [2.24, 2.45) is 23.5 Å². The fourth-order valence-corrected chi connectivity index (χ4v) is 3.73. The Bertz CT molecular complexity index is 505. The maximum atomic E-state index is 13.7. The van der Waals surface area contributed by atoms with Gasteiger partial charge in [-0.2, -0.15) is 0 Å². The normalized spacial score (nSPS) is 28.6. The molecule has 3 unspecified atom stereocenters. The number of fused-ring (bicyclic) bond motifs is 2. The van der Waals surface area contributed by atoms with Gasteiger partial charge in [0.2, 0.25) is 0 Å². The van der Waals surface area contributed by atoms with Crippen LogP contribution in [0.4, 0.5) is 4.39 Å². The summed E-state index contributed by atoms with van der Waals surface area (Å²) in [5, 5.41) is 0. The molecule has 0 aliphatic heterocycles. The minimum absolute atomic E-state index is 0.0807. The second-order valence-electron chi connectivity index (χ2n) is 5.75. The zero-order valence-electron chi connectivity index (χ0n) is 10.8. The Kier molecular flexibility index (Phi) is 3.44. The Hall–Kier alpha value is -1.16. The highest BCUT2D eigenvalue weighted by atomic mass is 32.1. The van der Waals surface area contributed by atoms with Crippen molar-refractivity contribution in [1.29, 1.82) is 0 Å². The van der Waals surface area contributed by atoms with Crippen LogP contribution in [-0.2, 0) is 0 Å². The Balaban J connectivity index is 1.61. The second kappa shape index (κ2) is 5.08. The molecule has 2 saturated carbocycles. The molecule has 2 fully saturated rings. The lowest BCUT2D eigenvalue weighted by Crippen LogP contribution is -2.18. The van der Waals surface area contributed by atoms with E-state index in [0.717, 1.165) is 11.8 Å². The topological polar surface area (TPSA) is 35.2 Å². The maximum absolute atomic E-state index is 13.7. The monoisotopic (exact) mass is 279 g/mol. The van der Waals surface area contributed by atoms with E-state index in [0.29, 0.717) is 18.3 Å². The molecular formula is C15H18FNOS. The van der Waals surface area contributed by atoms with E-state index >= 15 is 0 Å². The van der Waals surface area contributed by atoms with Gasteiger partial charge < -0.3 is 10.5 Å². The molecule has 0 radical (unpaired) electrons. The first-order chi connectivity index (χ1) is 9.13. The van der Waals surface area contributed by atoms with Crippen molar-refractivity contribution in [1.82, 2.24) is 0 Å². The van der Waals surface area contributed by atoms with Gasteiger partial charge in [0.15, 0.2) is 0 Å². The summed E-state index contributed by atoms with van der Waals surface area (Å²) in [5.74, 6) is 2.55. The minimum atomic E-state index is -0.405. The molecular weight excluding hydrogens is 261 g/mol. The SMILES string of the molecule is NC(=S)c1ccc(OCC2CC3CCC2C3)cc1F. The van der Waals surface area contributed by atoms with Crippen LogP contribution in [0.5, 0.6) is 5.75 Å². The first-order valence-electron chi connectivity index (χ1n) is 6.85. The molecule has 3 rings (SSSR count). The molecule has 0 spiro atoms. The summed E-state index contributed by atoms with van der Waals surface area (Å²) in [6.45, 7) is 0.701. The molecule has 1 aromatic rings. The molecule has 0 amide bonds. The molecule has 102 valence electrons. The molecule has 0 heterocycles. The summed E-state index contributed by atoms with van der Waals surface area (Å²) in [5.41, 5.74) is 5.71. The van der Waals surface area contributed by atoms with Crippen molar-refractivity contribution in [3.8, 4) is 5.75 Å². The number of ether oxygens (including phenoxy) is 1. The number of hydrogen-bond acceptors (Lipinski definition) is 2. The molecule has 2 N–H and O–H groups in total. The molecule has 2 bridgehead atoms. The number of halogens is 1. The second-order valence-corrected chi connectivity index (χ2v) is 6.19. The van der Waals surface area contributed by atoms with E-state index in [1.807, 2.05) is 0 Å². The molecule has 2 aliphatic rings. The Morgan fingerprint density at radius 2 is 2.21 bits per heavy atom. The smallest absolute Gasteiger partial charge is 0.137 e. The summed E-state index contributed by atoms with van der Waals surface area (Å²) >= 11 is 4.78. The Morgan fingerprint density at radius 1 is 1.37 bits per heavy atom. The van der Waals surface area contributed by atoms with Gasteiger partial charge in [-0.3, -0.25) is 0 Å². The molecule has 19 heavy (non-hydrogen) atoms. The van der Waals surface area contributed by atoms with E-state index in [-0.39, 0.29) is 10.6 Å². The van der Waals surface area contributed by atoms with Crippen molar-refractivity contribution in [3.63, 3.8) is 0 Å². The highest BCUT2D eigenvalue weighted by Gasteiger charge is 2.39. The summed E-state index contributed by atoms with van der Waals surface area (Å²) in [4.78, 5) is 0.0807. The van der Waals surface area contributed by atoms with Gasteiger partial charge in [-0.05, 0) is 49.1 Å². The van der Waals surface area contributed by atoms with Crippen LogP contribution in [0.3, 0.4) is 0 Å². The quantitative estimate of drug-likeness (QED) is 0.859. The number of thiocarbonyl (C=S) groups is 1. The van der Waals surface area contributed by atoms with Crippen LogP contribution in [0, 0.1) is 23.6 Å². The van der Waals surface area contributed by atoms with Gasteiger partial charge >= 0.3 is 0 Å². The average molecular weight is 279 g/mol. The van der Waals surface area contributed by atoms with Gasteiger partial charge in [-0.25, -0.2) is 4.39 Å². The third-order valence-electron chi connectivity index (χ3n) is 4.55. The van der Waals surface area contributed by atoms with Crippen LogP contribution in [0.1, 0.15) is 31.2 Å². The number of benzene rings is 1. The van der Waals surface area contributed by atoms with E-state index in [2.05, 4.69) is 0 Å². The van der Waals surface area contributed by atoms with Crippen LogP contribution in [-0.4, -0.2) is 11.6 Å². The first kappa shape index (κ1) is 12.9. The molecule has 0 saturated heterocycles. The lowest BCUT2D eigenvalue weighted by atomic mass is 9.89. The Labute approximate surface area is 118 Å². The van der Waals surface area contributed by atoms with E-state index < -0.39 is 5.82 Å². The minimum Gasteiger partial charge on any atom is -0.493 e. The van der Waals surface area contributed by atoms with Crippen molar-refractivity contribution in [2.45, 2.75) is 25.7 Å². The molecule has 4 heteroatoms. The fourth-order valence-electron chi connectivity index (χ4n) is 3.57. The lowest BCUT2D eigenvalue weighted by molar-refractivity contribution is 0.195. The summed E-state index contributed by atoms with van der Waals surface area (Å²) in [7, 11) is 0. The van der Waals surface area contributed by atoms with Gasteiger partial charge in [-0.1, -0.05) is 18.6 Å². The van der Waals surface area contributed by atoms with Gasteiger partial charge in [0.25, 0.3) is 0 Å². The van der Waals surface area contributed by atoms with Crippen LogP contribution in [0.2, 0.25) is 0 Å². The van der Waals surface area contributed by atoms with Crippen LogP contribution in [0.15, 0.2) is 18.2 Å². The highest BCUT2D eigenvalue weighted by molar-refractivity contribution is 7.80. The van der Waals surface area contributed by atoms with Crippen LogP contribution in [0.25, 0.3) is 0 Å². The van der Waals surface area contributed by atoms with Gasteiger partial charge in [0.05, 0.1) is 6.61 Å². The molecule has 0 aromatic heterocycles. The van der Waals surface area contributed by atoms with Crippen LogP contribution >= 0.6 is 12.2 Å². The van der Waals surface area contributed by atoms with Crippen molar-refractivity contribution < 1.29 is 9.13 Å². The van der Waals surface area contributed by atoms with E-state index in [1.54, 1.807) is 12.1 Å². The number of hydrogen-bond donors (Lipinski definition) is 1. The van der Waals surface area contributed by atoms with Gasteiger partial charge in [-0.15, -0.1) is 0 Å². The Morgan fingerprint density at radius 3 is 2.79 bits per heavy atom. The zero-order chi connectivity index (χ0) is 13.4. The van der Waals surface area contributed by atoms with Crippen LogP contribution < -0.4 is 10.5 Å². The zero-order valence-corrected chi connectivity index (χ0v) is 11.6. The molecule has 3 atom stereocenters. The van der Waals surface area contributed by atoms with Crippen molar-refractivity contribution in [3.05, 3.63) is 29.6 Å². The third-order valence-corrected chi connectivity index (χ3v) is 4.77. The van der Waals surface area contributed by atoms with E-state index in [9.17, 15) is 4.39 Å². The first-order valence-corrected chi connectivity index (χ1v) is 7.26. The molecule has 1 aromatic carbocycles. The molecule has 2 aliphatic carbocycles. The van der Waals surface area contributed by atoms with Gasteiger partial charge in [0, 0.05) is 11.6 Å². The summed E-state index contributed by atoms with van der Waals surface area (Å²) < 4.78 is 19.4. The predicted octanol–water partition coefficient (Wildman–Crippen LogP) is 3.27. The predicted molar refractivity (Wildman–Crippen MR) is 76.7 cm³/mol. The number of rotatable bonds is 4. The average Bonchev–Trinajstić information content (AvgIpc) is 2.98. The van der Waals surface area contributed by atoms with E-state index in [1.165, 1.54) is 31.7 Å². The third kappa shape index (κ3) is 2.59. The van der Waals surface area contributed by atoms with E-state index in [4.69, 9.17) is 22.7 Å². The van der Waals surface area contributed by atoms with Crippen molar-refractivity contribution in [2.75, 3.05) is 6.61 Å². The summed E-state index contributed by atoms with van der Waals surface area (Å²) in [6.07, 6.45) is 5.37. The summed E-state index contributed by atoms with van der Waals surface area (Å²) in [6, 6.07) is 4.71. The lowest BCUT2D eigenvalue weighted by Gasteiger charge is -2.21. The molecule has 2 nitrogen and oxygen atoms in total. The number of nitrogens with two attached hydrogens (primary N) is 1. The maximum Gasteiger partial charge on any atom is 0.137 e.